The summed E-state index contributed by atoms with van der Waals surface area (Å²) < 4.78 is 0. The Balaban J connectivity index is 2.30. The standard InChI is InChI=1S/C9H5Si/c10-9(8-5-6-8)7-3-1-2-4-7/h1-3,5-6H/q+1. The predicted octanol–water partition coefficient (Wildman–Crippen LogP) is 1.18. The number of allylic oxidation sites excluding steroid dienone is 3. The van der Waals surface area contributed by atoms with Gasteiger partial charge in [0.05, 0.1) is 10.7 Å². The number of hydrogen-bond acceptors (Lipinski definition) is 0. The van der Waals surface area contributed by atoms with Crippen LogP contribution in [0.25, 0.3) is 0 Å². The van der Waals surface area contributed by atoms with Crippen molar-refractivity contribution in [2.45, 2.75) is 0 Å². The van der Waals surface area contributed by atoms with Crippen LogP contribution in [0.3, 0.4) is 0 Å². The largest absolute Gasteiger partial charge is 0.173 e. The van der Waals surface area contributed by atoms with E-state index < -0.39 is 0 Å². The van der Waals surface area contributed by atoms with Gasteiger partial charge in [0, 0.05) is 0 Å². The van der Waals surface area contributed by atoms with Crippen LogP contribution in [0.2, 0.25) is 0 Å². The van der Waals surface area contributed by atoms with E-state index in [-0.39, 0.29) is 0 Å². The van der Waals surface area contributed by atoms with E-state index in [1.807, 2.05) is 18.2 Å². The summed E-state index contributed by atoms with van der Waals surface area (Å²) in [6.45, 7) is 0. The van der Waals surface area contributed by atoms with Crippen LogP contribution in [0, 0.1) is 0 Å². The lowest BCUT2D eigenvalue weighted by Crippen LogP contribution is -1.95. The molecule has 0 nitrogen and oxygen atoms in total. The van der Waals surface area contributed by atoms with Gasteiger partial charge in [-0.3, -0.25) is 0 Å². The molecule has 0 saturated heterocycles. The molecule has 0 saturated carbocycles. The first-order chi connectivity index (χ1) is 4.88. The molecule has 0 atom stereocenters. The van der Waals surface area contributed by atoms with Gasteiger partial charge < -0.3 is 0 Å². The summed E-state index contributed by atoms with van der Waals surface area (Å²) in [6.07, 6.45) is 5.94. The Morgan fingerprint density at radius 2 is 2.40 bits per heavy atom. The molecule has 0 fully saturated rings. The maximum absolute atomic E-state index is 3.53. The Bertz CT molecular complexity index is 324. The van der Waals surface area contributed by atoms with Gasteiger partial charge in [-0.2, -0.15) is 0 Å². The first-order valence-corrected chi connectivity index (χ1v) is 3.65. The second-order valence-electron chi connectivity index (χ2n) is 2.25. The minimum absolute atomic E-state index is 1.14. The molecule has 44 valence electrons. The van der Waals surface area contributed by atoms with Gasteiger partial charge >= 0.3 is 0 Å². The summed E-state index contributed by atoms with van der Waals surface area (Å²) in [5.41, 5.74) is 5.52. The van der Waals surface area contributed by atoms with E-state index in [1.165, 1.54) is 5.56 Å². The van der Waals surface area contributed by atoms with Crippen LogP contribution in [0.15, 0.2) is 41.7 Å². The van der Waals surface area contributed by atoms with Gasteiger partial charge in [0.2, 0.25) is 0 Å². The van der Waals surface area contributed by atoms with Crippen molar-refractivity contribution in [3.05, 3.63) is 47.2 Å². The molecular weight excluding hydrogens is 136 g/mol. The Kier molecular flexibility index (Phi) is 1.13. The quantitative estimate of drug-likeness (QED) is 0.329. The van der Waals surface area contributed by atoms with Crippen molar-refractivity contribution in [1.82, 2.24) is 0 Å². The third kappa shape index (κ3) is 0.859. The molecule has 2 rings (SSSR count). The minimum atomic E-state index is 1.14. The van der Waals surface area contributed by atoms with Crippen molar-refractivity contribution >= 4 is 15.0 Å². The Labute approximate surface area is 62.9 Å². The molecule has 0 bridgehead atoms. The molecule has 0 amide bonds. The second kappa shape index (κ2) is 1.98. The molecule has 0 aliphatic heterocycles. The van der Waals surface area contributed by atoms with Crippen molar-refractivity contribution in [1.29, 1.82) is 0 Å². The van der Waals surface area contributed by atoms with Crippen LogP contribution < -0.4 is 0 Å². The molecule has 0 unspecified atom stereocenters. The summed E-state index contributed by atoms with van der Waals surface area (Å²) in [5, 5.41) is 1.14. The third-order valence-corrected chi connectivity index (χ3v) is 2.05. The van der Waals surface area contributed by atoms with E-state index in [1.54, 1.807) is 0 Å². The molecule has 2 radical (unpaired) electrons. The van der Waals surface area contributed by atoms with Crippen molar-refractivity contribution in [2.75, 3.05) is 0 Å². The molecule has 1 aromatic carbocycles. The molecular formula is C9H5Si+. The zero-order chi connectivity index (χ0) is 6.97. The van der Waals surface area contributed by atoms with Crippen LogP contribution >= 0.6 is 0 Å². The summed E-state index contributed by atoms with van der Waals surface area (Å²) in [7, 11) is 3.53. The van der Waals surface area contributed by atoms with E-state index >= 15 is 0 Å². The second-order valence-corrected chi connectivity index (χ2v) is 2.75. The summed E-state index contributed by atoms with van der Waals surface area (Å²) in [6, 6.07) is 4.15. The Hall–Kier alpha value is -1.04. The van der Waals surface area contributed by atoms with Gasteiger partial charge in [0.15, 0.2) is 5.56 Å². The molecule has 1 aliphatic rings. The Morgan fingerprint density at radius 3 is 2.90 bits per heavy atom. The molecule has 0 spiro atoms. The van der Waals surface area contributed by atoms with Crippen molar-refractivity contribution in [3.63, 3.8) is 0 Å². The van der Waals surface area contributed by atoms with Gasteiger partial charge in [-0.25, -0.2) is 0 Å². The van der Waals surface area contributed by atoms with Gasteiger partial charge in [-0.1, -0.05) is 6.08 Å². The lowest BCUT2D eigenvalue weighted by Gasteiger charge is -1.84. The highest BCUT2D eigenvalue weighted by molar-refractivity contribution is 6.50. The third-order valence-electron chi connectivity index (χ3n) is 1.49. The average molecular weight is 141 g/mol. The lowest BCUT2D eigenvalue weighted by atomic mass is 10.2. The molecule has 0 N–H and O–H groups in total. The van der Waals surface area contributed by atoms with Gasteiger partial charge in [0.1, 0.15) is 22.0 Å². The van der Waals surface area contributed by atoms with Crippen molar-refractivity contribution in [3.8, 4) is 0 Å². The van der Waals surface area contributed by atoms with Gasteiger partial charge in [0.25, 0.3) is 0 Å². The molecule has 1 aliphatic carbocycles. The monoisotopic (exact) mass is 141 g/mol. The maximum atomic E-state index is 3.53. The fraction of sp³-hybridized carbons (Fsp3) is 0. The zero-order valence-corrected chi connectivity index (χ0v) is 6.39. The summed E-state index contributed by atoms with van der Waals surface area (Å²) in [5.74, 6) is 0. The van der Waals surface area contributed by atoms with E-state index in [9.17, 15) is 0 Å². The first-order valence-electron chi connectivity index (χ1n) is 3.15. The van der Waals surface area contributed by atoms with E-state index in [2.05, 4.69) is 27.7 Å². The average Bonchev–Trinajstić information content (AvgIpc) is 2.65. The molecule has 10 heavy (non-hydrogen) atoms. The predicted molar refractivity (Wildman–Crippen MR) is 43.8 cm³/mol. The first kappa shape index (κ1) is 5.72. The lowest BCUT2D eigenvalue weighted by molar-refractivity contribution is 1.91. The van der Waals surface area contributed by atoms with Crippen LogP contribution in [-0.2, 0) is 0 Å². The topological polar surface area (TPSA) is 0 Å². The van der Waals surface area contributed by atoms with E-state index in [0.717, 1.165) is 10.7 Å². The number of rotatable bonds is 2. The molecule has 1 aromatic rings. The van der Waals surface area contributed by atoms with Crippen LogP contribution in [0.1, 0.15) is 5.56 Å². The fourth-order valence-electron chi connectivity index (χ4n) is 0.850. The summed E-state index contributed by atoms with van der Waals surface area (Å²) in [4.78, 5) is 0. The van der Waals surface area contributed by atoms with Gasteiger partial charge in [-0.15, -0.1) is 5.73 Å². The fourth-order valence-corrected chi connectivity index (χ4v) is 1.17. The van der Waals surface area contributed by atoms with Crippen molar-refractivity contribution in [2.24, 2.45) is 0 Å². The van der Waals surface area contributed by atoms with E-state index in [0.29, 0.717) is 0 Å². The molecule has 0 heterocycles. The van der Waals surface area contributed by atoms with E-state index in [4.69, 9.17) is 0 Å². The van der Waals surface area contributed by atoms with Crippen LogP contribution in [0.5, 0.6) is 0 Å². The minimum Gasteiger partial charge on any atom is -0.101 e. The van der Waals surface area contributed by atoms with Crippen LogP contribution in [0.4, 0.5) is 0 Å². The number of hydrogen-bond donors (Lipinski definition) is 0. The van der Waals surface area contributed by atoms with Crippen molar-refractivity contribution < 1.29 is 0 Å². The molecule has 1 heteroatoms. The SMILES string of the molecule is [Si]=C(C1=C=CC=C1)c1c[cH+]1. The highest BCUT2D eigenvalue weighted by Gasteiger charge is 2.18. The maximum Gasteiger partial charge on any atom is 0.173 e. The highest BCUT2D eigenvalue weighted by Crippen LogP contribution is 2.14. The highest BCUT2D eigenvalue weighted by atomic mass is 28.1. The normalized spacial score (nSPS) is 14.6. The zero-order valence-electron chi connectivity index (χ0n) is 5.39. The van der Waals surface area contributed by atoms with Gasteiger partial charge in [-0.05, 0) is 12.2 Å². The smallest absolute Gasteiger partial charge is 0.101 e. The Morgan fingerprint density at radius 1 is 1.60 bits per heavy atom. The van der Waals surface area contributed by atoms with Crippen LogP contribution in [-0.4, -0.2) is 15.0 Å². The summed E-state index contributed by atoms with van der Waals surface area (Å²) >= 11 is 0. The molecule has 0 aromatic heterocycles.